The van der Waals surface area contributed by atoms with Crippen LogP contribution < -0.4 is 0 Å². The van der Waals surface area contributed by atoms with E-state index in [1.807, 2.05) is 30.3 Å². The van der Waals surface area contributed by atoms with Crippen molar-refractivity contribution < 1.29 is 14.3 Å². The van der Waals surface area contributed by atoms with Crippen molar-refractivity contribution in [2.45, 2.75) is 25.3 Å². The molecule has 0 aromatic heterocycles. The molecule has 1 atom stereocenters. The Balaban J connectivity index is 2.07. The molecule has 1 aromatic carbocycles. The molecule has 5 heteroatoms. The maximum atomic E-state index is 12.1. The van der Waals surface area contributed by atoms with Crippen molar-refractivity contribution in [1.82, 2.24) is 4.90 Å². The number of carbonyl (C=O) groups excluding carboxylic acids is 2. The summed E-state index contributed by atoms with van der Waals surface area (Å²) in [5.74, 6) is 0.335. The largest absolute Gasteiger partial charge is 0.446 e. The molecule has 0 radical (unpaired) electrons. The highest BCUT2D eigenvalue weighted by atomic mass is 35.5. The number of cyclic esters (lactones) is 1. The SMILES string of the molecule is O=C(CCCCCl)N1C(=O)OC[C@@H]1c1ccccc1. The first-order valence-electron chi connectivity index (χ1n) is 6.33. The molecule has 102 valence electrons. The number of hydrogen-bond acceptors (Lipinski definition) is 3. The predicted octanol–water partition coefficient (Wildman–Crippen LogP) is 3.12. The van der Waals surface area contributed by atoms with Gasteiger partial charge in [-0.3, -0.25) is 4.79 Å². The lowest BCUT2D eigenvalue weighted by molar-refractivity contribution is -0.129. The number of benzene rings is 1. The van der Waals surface area contributed by atoms with Crippen LogP contribution in [0, 0.1) is 0 Å². The van der Waals surface area contributed by atoms with Gasteiger partial charge in [-0.2, -0.15) is 0 Å². The van der Waals surface area contributed by atoms with E-state index in [-0.39, 0.29) is 18.6 Å². The summed E-state index contributed by atoms with van der Waals surface area (Å²) in [6, 6.07) is 9.14. The smallest absolute Gasteiger partial charge is 0.417 e. The number of ether oxygens (including phenoxy) is 1. The highest BCUT2D eigenvalue weighted by Crippen LogP contribution is 2.28. The first-order valence-corrected chi connectivity index (χ1v) is 6.87. The Hall–Kier alpha value is -1.55. The second kappa shape index (κ2) is 6.57. The van der Waals surface area contributed by atoms with E-state index in [1.54, 1.807) is 0 Å². The zero-order chi connectivity index (χ0) is 13.7. The minimum Gasteiger partial charge on any atom is -0.446 e. The number of amides is 2. The maximum Gasteiger partial charge on any atom is 0.417 e. The van der Waals surface area contributed by atoms with Gasteiger partial charge in [0.05, 0.1) is 0 Å². The van der Waals surface area contributed by atoms with Gasteiger partial charge in [0.15, 0.2) is 0 Å². The molecular formula is C14H16ClNO3. The molecule has 0 unspecified atom stereocenters. The first kappa shape index (κ1) is 13.9. The van der Waals surface area contributed by atoms with Gasteiger partial charge in [0.25, 0.3) is 0 Å². The zero-order valence-electron chi connectivity index (χ0n) is 10.5. The zero-order valence-corrected chi connectivity index (χ0v) is 11.3. The van der Waals surface area contributed by atoms with E-state index in [4.69, 9.17) is 16.3 Å². The molecule has 1 fully saturated rings. The van der Waals surface area contributed by atoms with Crippen molar-refractivity contribution in [1.29, 1.82) is 0 Å². The van der Waals surface area contributed by atoms with Gasteiger partial charge in [-0.25, -0.2) is 9.69 Å². The summed E-state index contributed by atoms with van der Waals surface area (Å²) in [4.78, 5) is 25.0. The van der Waals surface area contributed by atoms with Crippen molar-refractivity contribution in [2.75, 3.05) is 12.5 Å². The number of halogens is 1. The van der Waals surface area contributed by atoms with Gasteiger partial charge in [0.2, 0.25) is 5.91 Å². The van der Waals surface area contributed by atoms with Gasteiger partial charge >= 0.3 is 6.09 Å². The Morgan fingerprint density at radius 2 is 2.05 bits per heavy atom. The Kier molecular flexibility index (Phi) is 4.80. The number of unbranched alkanes of at least 4 members (excludes halogenated alkanes) is 1. The minimum absolute atomic E-state index is 0.193. The van der Waals surface area contributed by atoms with Gasteiger partial charge in [-0.15, -0.1) is 11.6 Å². The van der Waals surface area contributed by atoms with Crippen molar-refractivity contribution in [2.24, 2.45) is 0 Å². The summed E-state index contributed by atoms with van der Waals surface area (Å²) < 4.78 is 5.00. The minimum atomic E-state index is -0.551. The average molecular weight is 282 g/mol. The van der Waals surface area contributed by atoms with Crippen LogP contribution in [0.15, 0.2) is 30.3 Å². The van der Waals surface area contributed by atoms with Crippen LogP contribution in [0.1, 0.15) is 30.9 Å². The summed E-state index contributed by atoms with van der Waals surface area (Å²) in [5.41, 5.74) is 0.916. The molecule has 1 aliphatic rings. The number of carbonyl (C=O) groups is 2. The van der Waals surface area contributed by atoms with E-state index in [2.05, 4.69) is 0 Å². The van der Waals surface area contributed by atoms with Crippen molar-refractivity contribution in [3.8, 4) is 0 Å². The molecule has 4 nitrogen and oxygen atoms in total. The summed E-state index contributed by atoms with van der Waals surface area (Å²) in [5, 5.41) is 0. The first-order chi connectivity index (χ1) is 9.24. The Labute approximate surface area is 117 Å². The molecule has 0 saturated carbocycles. The number of alkyl halides is 1. The van der Waals surface area contributed by atoms with Gasteiger partial charge in [-0.1, -0.05) is 30.3 Å². The van der Waals surface area contributed by atoms with Crippen molar-refractivity contribution >= 4 is 23.6 Å². The number of imide groups is 1. The Morgan fingerprint density at radius 3 is 2.74 bits per heavy atom. The molecule has 1 aromatic rings. The van der Waals surface area contributed by atoms with E-state index in [9.17, 15) is 9.59 Å². The number of rotatable bonds is 5. The molecule has 1 saturated heterocycles. The fourth-order valence-electron chi connectivity index (χ4n) is 2.11. The van der Waals surface area contributed by atoms with Crippen molar-refractivity contribution in [3.63, 3.8) is 0 Å². The lowest BCUT2D eigenvalue weighted by atomic mass is 10.1. The fraction of sp³-hybridized carbons (Fsp3) is 0.429. The molecule has 19 heavy (non-hydrogen) atoms. The summed E-state index contributed by atoms with van der Waals surface area (Å²) in [6.07, 6.45) is 1.23. The molecule has 1 heterocycles. The second-order valence-corrected chi connectivity index (χ2v) is 4.79. The van der Waals surface area contributed by atoms with Crippen LogP contribution in [0.3, 0.4) is 0 Å². The van der Waals surface area contributed by atoms with E-state index >= 15 is 0 Å². The molecule has 0 N–H and O–H groups in total. The fourth-order valence-corrected chi connectivity index (χ4v) is 2.30. The van der Waals surface area contributed by atoms with E-state index in [1.165, 1.54) is 4.90 Å². The van der Waals surface area contributed by atoms with Crippen molar-refractivity contribution in [3.05, 3.63) is 35.9 Å². The third-order valence-corrected chi connectivity index (χ3v) is 3.37. The monoisotopic (exact) mass is 281 g/mol. The molecule has 1 aliphatic heterocycles. The Morgan fingerprint density at radius 1 is 1.32 bits per heavy atom. The average Bonchev–Trinajstić information content (AvgIpc) is 2.82. The molecule has 2 rings (SSSR count). The second-order valence-electron chi connectivity index (χ2n) is 4.41. The van der Waals surface area contributed by atoms with Crippen LogP contribution >= 0.6 is 11.6 Å². The lowest BCUT2D eigenvalue weighted by Gasteiger charge is -2.19. The number of hydrogen-bond donors (Lipinski definition) is 0. The third kappa shape index (κ3) is 3.26. The van der Waals surface area contributed by atoms with Gasteiger partial charge in [0, 0.05) is 12.3 Å². The maximum absolute atomic E-state index is 12.1. The van der Waals surface area contributed by atoms with E-state index in [0.29, 0.717) is 18.7 Å². The normalized spacial score (nSPS) is 18.5. The summed E-state index contributed by atoms with van der Waals surface area (Å²) >= 11 is 5.58. The van der Waals surface area contributed by atoms with Crippen LogP contribution in [0.25, 0.3) is 0 Å². The molecule has 0 spiro atoms. The highest BCUT2D eigenvalue weighted by molar-refractivity contribution is 6.17. The summed E-state index contributed by atoms with van der Waals surface area (Å²) in [7, 11) is 0. The van der Waals surface area contributed by atoms with Crippen LogP contribution in [-0.4, -0.2) is 29.4 Å². The quantitative estimate of drug-likeness (QED) is 0.615. The topological polar surface area (TPSA) is 46.6 Å². The summed E-state index contributed by atoms with van der Waals surface area (Å²) in [6.45, 7) is 0.226. The molecule has 2 amide bonds. The molecule has 0 aliphatic carbocycles. The van der Waals surface area contributed by atoms with Gasteiger partial charge < -0.3 is 4.74 Å². The van der Waals surface area contributed by atoms with E-state index in [0.717, 1.165) is 12.0 Å². The van der Waals surface area contributed by atoms with Crippen LogP contribution in [-0.2, 0) is 9.53 Å². The predicted molar refractivity (Wildman–Crippen MR) is 71.9 cm³/mol. The van der Waals surface area contributed by atoms with Gasteiger partial charge in [0.1, 0.15) is 12.6 Å². The molecular weight excluding hydrogens is 266 g/mol. The lowest BCUT2D eigenvalue weighted by Crippen LogP contribution is -2.34. The third-order valence-electron chi connectivity index (χ3n) is 3.10. The molecule has 0 bridgehead atoms. The van der Waals surface area contributed by atoms with Gasteiger partial charge in [-0.05, 0) is 18.4 Å². The van der Waals surface area contributed by atoms with Crippen LogP contribution in [0.5, 0.6) is 0 Å². The number of nitrogens with zero attached hydrogens (tertiary/aromatic N) is 1. The van der Waals surface area contributed by atoms with Crippen LogP contribution in [0.4, 0.5) is 4.79 Å². The van der Waals surface area contributed by atoms with Crippen LogP contribution in [0.2, 0.25) is 0 Å². The van der Waals surface area contributed by atoms with E-state index < -0.39 is 6.09 Å². The Bertz CT molecular complexity index is 449. The highest BCUT2D eigenvalue weighted by Gasteiger charge is 2.38. The standard InChI is InChI=1S/C14H16ClNO3/c15-9-5-4-8-13(17)16-12(10-19-14(16)18)11-6-2-1-3-7-11/h1-3,6-7,12H,4-5,8-10H2/t12-/m1/s1.